The topological polar surface area (TPSA) is 26.0 Å². The Balaban J connectivity index is 2.92. The van der Waals surface area contributed by atoms with E-state index in [4.69, 9.17) is 5.73 Å². The molecule has 0 aliphatic rings. The maximum atomic E-state index is 13.4. The van der Waals surface area contributed by atoms with Crippen LogP contribution in [0.3, 0.4) is 0 Å². The van der Waals surface area contributed by atoms with Crippen LogP contribution in [0.15, 0.2) is 18.2 Å². The molecule has 0 aliphatic heterocycles. The van der Waals surface area contributed by atoms with Crippen molar-refractivity contribution in [1.82, 2.24) is 0 Å². The summed E-state index contributed by atoms with van der Waals surface area (Å²) in [6, 6.07) is 3.49. The van der Waals surface area contributed by atoms with Gasteiger partial charge in [-0.05, 0) is 43.0 Å². The van der Waals surface area contributed by atoms with E-state index in [1.54, 1.807) is 0 Å². The number of hydrogen-bond donors (Lipinski definition) is 1. The van der Waals surface area contributed by atoms with Gasteiger partial charge in [0.05, 0.1) is 0 Å². The van der Waals surface area contributed by atoms with Gasteiger partial charge in [0.2, 0.25) is 0 Å². The molecule has 0 radical (unpaired) electrons. The molecule has 1 aromatic rings. The summed E-state index contributed by atoms with van der Waals surface area (Å²) in [7, 11) is 0. The summed E-state index contributed by atoms with van der Waals surface area (Å²) in [5.41, 5.74) is 5.98. The van der Waals surface area contributed by atoms with Gasteiger partial charge in [0.1, 0.15) is 11.6 Å². The fourth-order valence-corrected chi connectivity index (χ4v) is 1.56. The summed E-state index contributed by atoms with van der Waals surface area (Å²) < 4.78 is 26.3. The van der Waals surface area contributed by atoms with Gasteiger partial charge in [0.25, 0.3) is 0 Å². The Morgan fingerprint density at radius 1 is 1.20 bits per heavy atom. The Morgan fingerprint density at radius 2 is 1.80 bits per heavy atom. The first-order chi connectivity index (χ1) is 7.00. The van der Waals surface area contributed by atoms with E-state index in [9.17, 15) is 8.78 Å². The molecule has 1 nitrogen and oxygen atoms in total. The van der Waals surface area contributed by atoms with E-state index in [0.717, 1.165) is 25.0 Å². The third kappa shape index (κ3) is 2.99. The molecule has 1 aromatic carbocycles. The molecule has 0 atom stereocenters. The molecular weight excluding hydrogens is 196 g/mol. The molecule has 0 spiro atoms. The second-order valence-electron chi connectivity index (χ2n) is 3.98. The Morgan fingerprint density at radius 3 is 2.33 bits per heavy atom. The normalized spacial score (nSPS) is 11.8. The summed E-state index contributed by atoms with van der Waals surface area (Å²) in [6.45, 7) is 3.92. The van der Waals surface area contributed by atoms with Crippen LogP contribution in [0.25, 0.3) is 0 Å². The highest BCUT2D eigenvalue weighted by atomic mass is 19.1. The maximum absolute atomic E-state index is 13.4. The van der Waals surface area contributed by atoms with E-state index in [-0.39, 0.29) is 5.82 Å². The van der Waals surface area contributed by atoms with Crippen LogP contribution in [-0.2, 0) is 6.42 Å². The minimum Gasteiger partial charge on any atom is -0.325 e. The van der Waals surface area contributed by atoms with Crippen molar-refractivity contribution in [3.8, 4) is 0 Å². The molecular formula is C12H17F2N. The van der Waals surface area contributed by atoms with Crippen LogP contribution >= 0.6 is 0 Å². The Hall–Kier alpha value is -0.960. The van der Waals surface area contributed by atoms with E-state index in [1.165, 1.54) is 6.07 Å². The van der Waals surface area contributed by atoms with Gasteiger partial charge >= 0.3 is 0 Å². The Bertz CT molecular complexity index is 332. The van der Waals surface area contributed by atoms with Crippen LogP contribution in [-0.4, -0.2) is 5.54 Å². The minimum absolute atomic E-state index is 0.362. The van der Waals surface area contributed by atoms with Crippen LogP contribution in [0.2, 0.25) is 0 Å². The predicted molar refractivity (Wildman–Crippen MR) is 57.6 cm³/mol. The first-order valence-corrected chi connectivity index (χ1v) is 5.23. The van der Waals surface area contributed by atoms with Crippen LogP contribution in [0.1, 0.15) is 32.3 Å². The van der Waals surface area contributed by atoms with E-state index in [2.05, 4.69) is 0 Å². The molecule has 0 saturated heterocycles. The van der Waals surface area contributed by atoms with Gasteiger partial charge in [-0.3, -0.25) is 0 Å². The summed E-state index contributed by atoms with van der Waals surface area (Å²) in [5.74, 6) is -0.797. The summed E-state index contributed by atoms with van der Waals surface area (Å²) >= 11 is 0. The lowest BCUT2D eigenvalue weighted by Gasteiger charge is -2.26. The molecule has 15 heavy (non-hydrogen) atoms. The fraction of sp³-hybridized carbons (Fsp3) is 0.500. The summed E-state index contributed by atoms with van der Waals surface area (Å²) in [5, 5.41) is 0. The predicted octanol–water partition coefficient (Wildman–Crippen LogP) is 3.02. The van der Waals surface area contributed by atoms with Crippen LogP contribution in [0, 0.1) is 11.6 Å². The van der Waals surface area contributed by atoms with E-state index in [1.807, 2.05) is 13.8 Å². The van der Waals surface area contributed by atoms with Crippen LogP contribution < -0.4 is 5.73 Å². The van der Waals surface area contributed by atoms with Gasteiger partial charge in [-0.15, -0.1) is 0 Å². The standard InChI is InChI=1S/C12H17F2N/c1-3-12(15,4-2)8-9-7-10(13)5-6-11(9)14/h5-7H,3-4,8,15H2,1-2H3. The third-order valence-corrected chi connectivity index (χ3v) is 2.96. The third-order valence-electron chi connectivity index (χ3n) is 2.96. The first kappa shape index (κ1) is 12.1. The summed E-state index contributed by atoms with van der Waals surface area (Å²) in [6.07, 6.45) is 1.88. The largest absolute Gasteiger partial charge is 0.325 e. The minimum atomic E-state index is -0.436. The number of hydrogen-bond acceptors (Lipinski definition) is 1. The van der Waals surface area contributed by atoms with Crippen molar-refractivity contribution in [2.24, 2.45) is 5.73 Å². The van der Waals surface area contributed by atoms with Crippen molar-refractivity contribution >= 4 is 0 Å². The average Bonchev–Trinajstić information content (AvgIpc) is 2.23. The summed E-state index contributed by atoms with van der Waals surface area (Å²) in [4.78, 5) is 0. The van der Waals surface area contributed by atoms with Crippen molar-refractivity contribution in [3.63, 3.8) is 0 Å². The lowest BCUT2D eigenvalue weighted by Crippen LogP contribution is -2.40. The molecule has 0 aliphatic carbocycles. The molecule has 0 saturated carbocycles. The monoisotopic (exact) mass is 213 g/mol. The molecule has 0 bridgehead atoms. The zero-order chi connectivity index (χ0) is 11.5. The number of rotatable bonds is 4. The van der Waals surface area contributed by atoms with Crippen molar-refractivity contribution in [1.29, 1.82) is 0 Å². The maximum Gasteiger partial charge on any atom is 0.126 e. The molecule has 0 heterocycles. The van der Waals surface area contributed by atoms with Crippen LogP contribution in [0.4, 0.5) is 8.78 Å². The number of benzene rings is 1. The lowest BCUT2D eigenvalue weighted by molar-refractivity contribution is 0.386. The van der Waals surface area contributed by atoms with Gasteiger partial charge in [0, 0.05) is 5.54 Å². The fourth-order valence-electron chi connectivity index (χ4n) is 1.56. The zero-order valence-corrected chi connectivity index (χ0v) is 9.19. The van der Waals surface area contributed by atoms with Gasteiger partial charge in [-0.1, -0.05) is 13.8 Å². The second-order valence-corrected chi connectivity index (χ2v) is 3.98. The smallest absolute Gasteiger partial charge is 0.126 e. The molecule has 2 N–H and O–H groups in total. The quantitative estimate of drug-likeness (QED) is 0.817. The van der Waals surface area contributed by atoms with Crippen molar-refractivity contribution < 1.29 is 8.78 Å². The highest BCUT2D eigenvalue weighted by Crippen LogP contribution is 2.20. The van der Waals surface area contributed by atoms with Gasteiger partial charge in [0.15, 0.2) is 0 Å². The number of halogens is 2. The van der Waals surface area contributed by atoms with Crippen molar-refractivity contribution in [3.05, 3.63) is 35.4 Å². The molecule has 1 rings (SSSR count). The number of nitrogens with two attached hydrogens (primary N) is 1. The van der Waals surface area contributed by atoms with Gasteiger partial charge in [-0.2, -0.15) is 0 Å². The highest BCUT2D eigenvalue weighted by molar-refractivity contribution is 5.21. The van der Waals surface area contributed by atoms with E-state index >= 15 is 0 Å². The molecule has 3 heteroatoms. The molecule has 84 valence electrons. The van der Waals surface area contributed by atoms with E-state index < -0.39 is 11.4 Å². The highest BCUT2D eigenvalue weighted by Gasteiger charge is 2.22. The average molecular weight is 213 g/mol. The first-order valence-electron chi connectivity index (χ1n) is 5.23. The van der Waals surface area contributed by atoms with Crippen LogP contribution in [0.5, 0.6) is 0 Å². The Labute approximate surface area is 89.3 Å². The Kier molecular flexibility index (Phi) is 3.80. The lowest BCUT2D eigenvalue weighted by atomic mass is 9.87. The molecule has 0 amide bonds. The van der Waals surface area contributed by atoms with Crippen molar-refractivity contribution in [2.45, 2.75) is 38.6 Å². The molecule has 0 fully saturated rings. The van der Waals surface area contributed by atoms with Gasteiger partial charge < -0.3 is 5.73 Å². The molecule has 0 aromatic heterocycles. The second kappa shape index (κ2) is 4.71. The zero-order valence-electron chi connectivity index (χ0n) is 9.19. The van der Waals surface area contributed by atoms with Gasteiger partial charge in [-0.25, -0.2) is 8.78 Å². The SMILES string of the molecule is CCC(N)(CC)Cc1cc(F)ccc1F. The van der Waals surface area contributed by atoms with Crippen molar-refractivity contribution in [2.75, 3.05) is 0 Å². The molecule has 0 unspecified atom stereocenters. The van der Waals surface area contributed by atoms with E-state index in [0.29, 0.717) is 12.0 Å².